The fourth-order valence-electron chi connectivity index (χ4n) is 3.07. The maximum absolute atomic E-state index is 12.4. The summed E-state index contributed by atoms with van der Waals surface area (Å²) in [5.41, 5.74) is 3.05. The summed E-state index contributed by atoms with van der Waals surface area (Å²) in [7, 11) is 0. The lowest BCUT2D eigenvalue weighted by molar-refractivity contribution is -0.384. The van der Waals surface area contributed by atoms with Gasteiger partial charge >= 0.3 is 0 Å². The maximum Gasteiger partial charge on any atom is 0.269 e. The van der Waals surface area contributed by atoms with Crippen LogP contribution in [0.4, 0.5) is 5.69 Å². The number of carbonyl (C=O) groups excluding carboxylic acids is 1. The van der Waals surface area contributed by atoms with E-state index in [4.69, 9.17) is 0 Å². The maximum atomic E-state index is 12.4. The zero-order chi connectivity index (χ0) is 20.6. The molecule has 1 heterocycles. The molecule has 0 aliphatic heterocycles. The number of nitro groups is 1. The molecule has 0 aliphatic rings. The molecule has 1 amide bonds. The molecule has 7 heteroatoms. The molecule has 3 aromatic rings. The Bertz CT molecular complexity index is 965. The van der Waals surface area contributed by atoms with Crippen LogP contribution >= 0.6 is 0 Å². The number of aromatic nitrogens is 2. The van der Waals surface area contributed by atoms with E-state index in [-0.39, 0.29) is 18.0 Å². The fraction of sp³-hybridized carbons (Fsp3) is 0.273. The Morgan fingerprint density at radius 2 is 1.83 bits per heavy atom. The third-order valence-corrected chi connectivity index (χ3v) is 4.62. The Morgan fingerprint density at radius 1 is 1.10 bits per heavy atom. The topological polar surface area (TPSA) is 90.1 Å². The van der Waals surface area contributed by atoms with Crippen LogP contribution in [0.2, 0.25) is 0 Å². The molecular formula is C22H24N4O3. The van der Waals surface area contributed by atoms with Gasteiger partial charge in [-0.25, -0.2) is 4.68 Å². The first-order valence-corrected chi connectivity index (χ1v) is 9.74. The molecule has 150 valence electrons. The quantitative estimate of drug-likeness (QED) is 0.334. The third-order valence-electron chi connectivity index (χ3n) is 4.62. The number of non-ortho nitro benzene ring substituents is 1. The number of nitrogens with one attached hydrogen (secondary N) is 1. The predicted molar refractivity (Wildman–Crippen MR) is 112 cm³/mol. The Balaban J connectivity index is 1.87. The first-order chi connectivity index (χ1) is 14.1. The van der Waals surface area contributed by atoms with Crippen molar-refractivity contribution >= 4 is 11.6 Å². The molecule has 0 saturated carbocycles. The molecule has 29 heavy (non-hydrogen) atoms. The smallest absolute Gasteiger partial charge is 0.269 e. The minimum absolute atomic E-state index is 0.0199. The van der Waals surface area contributed by atoms with Gasteiger partial charge in [0.05, 0.1) is 22.7 Å². The molecular weight excluding hydrogens is 368 g/mol. The summed E-state index contributed by atoms with van der Waals surface area (Å²) in [5, 5.41) is 18.5. The lowest BCUT2D eigenvalue weighted by Gasteiger charge is -2.05. The van der Waals surface area contributed by atoms with Crippen molar-refractivity contribution < 1.29 is 9.72 Å². The molecule has 0 saturated heterocycles. The van der Waals surface area contributed by atoms with Crippen molar-refractivity contribution in [1.82, 2.24) is 15.1 Å². The highest BCUT2D eigenvalue weighted by Gasteiger charge is 2.16. The van der Waals surface area contributed by atoms with E-state index in [1.54, 1.807) is 16.8 Å². The molecule has 0 atom stereocenters. The number of amides is 1. The number of para-hydroxylation sites is 1. The molecule has 3 rings (SSSR count). The second-order valence-electron chi connectivity index (χ2n) is 6.82. The second kappa shape index (κ2) is 9.64. The van der Waals surface area contributed by atoms with Gasteiger partial charge in [-0.05, 0) is 30.7 Å². The average Bonchev–Trinajstić information content (AvgIpc) is 3.15. The normalized spacial score (nSPS) is 10.7. The number of unbranched alkanes of at least 4 members (excludes halogenated alkanes) is 2. The minimum Gasteiger partial charge on any atom is -0.356 e. The second-order valence-corrected chi connectivity index (χ2v) is 6.82. The van der Waals surface area contributed by atoms with E-state index >= 15 is 0 Å². The molecule has 2 aromatic carbocycles. The molecule has 0 radical (unpaired) electrons. The van der Waals surface area contributed by atoms with Gasteiger partial charge in [0.25, 0.3) is 5.69 Å². The van der Waals surface area contributed by atoms with Crippen molar-refractivity contribution in [3.8, 4) is 16.9 Å². The van der Waals surface area contributed by atoms with Crippen LogP contribution in [0.1, 0.15) is 31.7 Å². The molecule has 0 fully saturated rings. The number of benzene rings is 2. The van der Waals surface area contributed by atoms with Gasteiger partial charge in [0.2, 0.25) is 5.91 Å². The van der Waals surface area contributed by atoms with Crippen LogP contribution in [-0.4, -0.2) is 27.2 Å². The predicted octanol–water partition coefficient (Wildman–Crippen LogP) is 4.30. The van der Waals surface area contributed by atoms with Crippen LogP contribution in [0.25, 0.3) is 16.9 Å². The summed E-state index contributed by atoms with van der Waals surface area (Å²) < 4.78 is 1.73. The van der Waals surface area contributed by atoms with Crippen molar-refractivity contribution in [2.24, 2.45) is 0 Å². The van der Waals surface area contributed by atoms with E-state index < -0.39 is 4.92 Å². The first kappa shape index (κ1) is 20.3. The van der Waals surface area contributed by atoms with Crippen LogP contribution in [0, 0.1) is 10.1 Å². The average molecular weight is 392 g/mol. The van der Waals surface area contributed by atoms with Gasteiger partial charge < -0.3 is 5.32 Å². The van der Waals surface area contributed by atoms with Crippen molar-refractivity contribution in [3.05, 3.63) is 76.5 Å². The Labute approximate surface area is 169 Å². The highest BCUT2D eigenvalue weighted by atomic mass is 16.6. The van der Waals surface area contributed by atoms with Gasteiger partial charge in [-0.1, -0.05) is 38.0 Å². The van der Waals surface area contributed by atoms with Crippen LogP contribution in [0.5, 0.6) is 0 Å². The van der Waals surface area contributed by atoms with E-state index in [2.05, 4.69) is 17.3 Å². The Hall–Kier alpha value is -3.48. The number of hydrogen-bond donors (Lipinski definition) is 1. The van der Waals surface area contributed by atoms with Crippen LogP contribution in [0.15, 0.2) is 60.8 Å². The molecule has 7 nitrogen and oxygen atoms in total. The van der Waals surface area contributed by atoms with Gasteiger partial charge in [0.1, 0.15) is 0 Å². The first-order valence-electron chi connectivity index (χ1n) is 9.74. The van der Waals surface area contributed by atoms with Gasteiger partial charge in [0.15, 0.2) is 0 Å². The number of hydrogen-bond acceptors (Lipinski definition) is 4. The van der Waals surface area contributed by atoms with Crippen molar-refractivity contribution in [2.75, 3.05) is 6.54 Å². The summed E-state index contributed by atoms with van der Waals surface area (Å²) in [5.74, 6) is -0.0584. The summed E-state index contributed by atoms with van der Waals surface area (Å²) in [6.07, 6.45) is 5.19. The third kappa shape index (κ3) is 5.28. The highest BCUT2D eigenvalue weighted by molar-refractivity contribution is 5.81. The number of carbonyl (C=O) groups is 1. The van der Waals surface area contributed by atoms with Gasteiger partial charge in [-0.15, -0.1) is 0 Å². The van der Waals surface area contributed by atoms with Crippen LogP contribution in [0.3, 0.4) is 0 Å². The SMILES string of the molecule is CCCCCNC(=O)Cc1cn(-c2ccccc2)nc1-c1ccc([N+](=O)[O-])cc1. The van der Waals surface area contributed by atoms with Gasteiger partial charge in [0, 0.05) is 36.0 Å². The summed E-state index contributed by atoms with van der Waals surface area (Å²) in [4.78, 5) is 22.9. The van der Waals surface area contributed by atoms with E-state index in [1.807, 2.05) is 36.5 Å². The Kier molecular flexibility index (Phi) is 6.73. The standard InChI is InChI=1S/C22H24N4O3/c1-2-3-7-14-23-21(27)15-18-16-25(19-8-5-4-6-9-19)24-22(18)17-10-12-20(13-11-17)26(28)29/h4-6,8-13,16H,2-3,7,14-15H2,1H3,(H,23,27). The number of nitro benzene ring substituents is 1. The number of nitrogens with zero attached hydrogens (tertiary/aromatic N) is 3. The van der Waals surface area contributed by atoms with E-state index in [9.17, 15) is 14.9 Å². The van der Waals surface area contributed by atoms with Crippen LogP contribution < -0.4 is 5.32 Å². The molecule has 0 unspecified atom stereocenters. The van der Waals surface area contributed by atoms with Crippen molar-refractivity contribution in [3.63, 3.8) is 0 Å². The fourth-order valence-corrected chi connectivity index (χ4v) is 3.07. The monoisotopic (exact) mass is 392 g/mol. The van der Waals surface area contributed by atoms with Crippen molar-refractivity contribution in [2.45, 2.75) is 32.6 Å². The summed E-state index contributed by atoms with van der Waals surface area (Å²) in [6, 6.07) is 15.9. The van der Waals surface area contributed by atoms with Gasteiger partial charge in [-0.3, -0.25) is 14.9 Å². The van der Waals surface area contributed by atoms with E-state index in [0.29, 0.717) is 12.2 Å². The lowest BCUT2D eigenvalue weighted by atomic mass is 10.1. The molecule has 1 aromatic heterocycles. The van der Waals surface area contributed by atoms with E-state index in [1.165, 1.54) is 12.1 Å². The largest absolute Gasteiger partial charge is 0.356 e. The summed E-state index contributed by atoms with van der Waals surface area (Å²) >= 11 is 0. The molecule has 1 N–H and O–H groups in total. The Morgan fingerprint density at radius 3 is 2.48 bits per heavy atom. The van der Waals surface area contributed by atoms with Crippen LogP contribution in [-0.2, 0) is 11.2 Å². The van der Waals surface area contributed by atoms with E-state index in [0.717, 1.165) is 36.1 Å². The lowest BCUT2D eigenvalue weighted by Crippen LogP contribution is -2.26. The molecule has 0 spiro atoms. The highest BCUT2D eigenvalue weighted by Crippen LogP contribution is 2.26. The number of rotatable bonds is 9. The summed E-state index contributed by atoms with van der Waals surface area (Å²) in [6.45, 7) is 2.78. The molecule has 0 bridgehead atoms. The van der Waals surface area contributed by atoms with Gasteiger partial charge in [-0.2, -0.15) is 5.10 Å². The zero-order valence-corrected chi connectivity index (χ0v) is 16.4. The van der Waals surface area contributed by atoms with Crippen molar-refractivity contribution in [1.29, 1.82) is 0 Å². The molecule has 0 aliphatic carbocycles. The minimum atomic E-state index is -0.434. The zero-order valence-electron chi connectivity index (χ0n) is 16.4.